The second-order valence-electron chi connectivity index (χ2n) is 8.98. The Balaban J connectivity index is 1.13. The smallest absolute Gasteiger partial charge is 0.318 e. The Hall–Kier alpha value is -3.96. The monoisotopic (exact) mass is 478 g/mol. The van der Waals surface area contributed by atoms with E-state index in [1.807, 2.05) is 18.0 Å². The standard InChI is InChI=1S/C23H22F2N9O/c1-12-17(9-26-22(27-12)28-16-5-14-7-18(24)19(25)8-15(14)6-16)21-30-31-23(35-21)34-4-3-13(10-34)20-11-33(2)32-29-20/h7-9,11,13,16H,2-6,10H2,1H3,(H,26,27,28). The molecule has 1 fully saturated rings. The molecule has 0 saturated carbocycles. The van der Waals surface area contributed by atoms with Gasteiger partial charge in [0.05, 0.1) is 24.0 Å². The summed E-state index contributed by atoms with van der Waals surface area (Å²) in [7, 11) is 3.73. The van der Waals surface area contributed by atoms with Crippen molar-refractivity contribution in [3.05, 3.63) is 65.7 Å². The summed E-state index contributed by atoms with van der Waals surface area (Å²) in [5.74, 6) is -0.641. The predicted octanol–water partition coefficient (Wildman–Crippen LogP) is 2.92. The Morgan fingerprint density at radius 3 is 2.57 bits per heavy atom. The lowest BCUT2D eigenvalue weighted by Crippen LogP contribution is -2.21. The summed E-state index contributed by atoms with van der Waals surface area (Å²) in [6.45, 7) is 3.32. The molecule has 4 aromatic rings. The van der Waals surface area contributed by atoms with E-state index in [-0.39, 0.29) is 12.0 Å². The van der Waals surface area contributed by atoms with Crippen molar-refractivity contribution in [2.24, 2.45) is 0 Å². The van der Waals surface area contributed by atoms with Crippen LogP contribution < -0.4 is 10.2 Å². The molecule has 1 N–H and O–H groups in total. The van der Waals surface area contributed by atoms with Crippen LogP contribution >= 0.6 is 0 Å². The number of hydrogen-bond acceptors (Lipinski definition) is 9. The van der Waals surface area contributed by atoms with Crippen LogP contribution in [0.3, 0.4) is 0 Å². The van der Waals surface area contributed by atoms with Crippen LogP contribution in [0.2, 0.25) is 0 Å². The maximum Gasteiger partial charge on any atom is 0.318 e. The topological polar surface area (TPSA) is 111 Å². The zero-order valence-corrected chi connectivity index (χ0v) is 18.9. The first-order valence-electron chi connectivity index (χ1n) is 11.3. The molecule has 2 aliphatic rings. The fourth-order valence-corrected chi connectivity index (χ4v) is 4.77. The third kappa shape index (κ3) is 4.08. The number of nitrogens with zero attached hydrogens (tertiary/aromatic N) is 8. The van der Waals surface area contributed by atoms with Crippen molar-refractivity contribution in [1.29, 1.82) is 0 Å². The molecule has 0 bridgehead atoms. The van der Waals surface area contributed by atoms with E-state index in [1.54, 1.807) is 6.20 Å². The van der Waals surface area contributed by atoms with Gasteiger partial charge in [-0.2, -0.15) is 0 Å². The van der Waals surface area contributed by atoms with Gasteiger partial charge in [-0.15, -0.1) is 10.2 Å². The summed E-state index contributed by atoms with van der Waals surface area (Å²) in [5, 5.41) is 19.7. The Morgan fingerprint density at radius 2 is 1.89 bits per heavy atom. The highest BCUT2D eigenvalue weighted by Crippen LogP contribution is 2.31. The molecule has 10 nitrogen and oxygen atoms in total. The number of anilines is 2. The lowest BCUT2D eigenvalue weighted by molar-refractivity contribution is 0.507. The summed E-state index contributed by atoms with van der Waals surface area (Å²) in [6, 6.07) is 2.93. The van der Waals surface area contributed by atoms with Crippen molar-refractivity contribution < 1.29 is 13.2 Å². The number of hydrogen-bond donors (Lipinski definition) is 1. The fourth-order valence-electron chi connectivity index (χ4n) is 4.77. The number of aryl methyl sites for hydroxylation is 1. The lowest BCUT2D eigenvalue weighted by Gasteiger charge is -2.13. The van der Waals surface area contributed by atoms with E-state index in [1.165, 1.54) is 16.8 Å². The number of aromatic nitrogens is 7. The third-order valence-corrected chi connectivity index (χ3v) is 6.57. The van der Waals surface area contributed by atoms with Gasteiger partial charge >= 0.3 is 6.01 Å². The van der Waals surface area contributed by atoms with Crippen molar-refractivity contribution >= 4 is 12.0 Å². The molecule has 1 radical (unpaired) electrons. The van der Waals surface area contributed by atoms with Gasteiger partial charge in [0.15, 0.2) is 11.6 Å². The van der Waals surface area contributed by atoms with Crippen LogP contribution in [0.15, 0.2) is 28.9 Å². The third-order valence-electron chi connectivity index (χ3n) is 6.57. The molecule has 1 aliphatic carbocycles. The van der Waals surface area contributed by atoms with Crippen LogP contribution in [-0.4, -0.2) is 54.3 Å². The molecular formula is C23H22F2N9O. The molecule has 1 saturated heterocycles. The average molecular weight is 478 g/mol. The van der Waals surface area contributed by atoms with Gasteiger partial charge in [0.2, 0.25) is 5.95 Å². The largest absolute Gasteiger partial charge is 0.403 e. The van der Waals surface area contributed by atoms with Gasteiger partial charge in [-0.1, -0.05) is 10.3 Å². The predicted molar refractivity (Wildman–Crippen MR) is 122 cm³/mol. The Labute approximate surface area is 199 Å². The molecule has 6 rings (SSSR count). The molecule has 1 aliphatic heterocycles. The van der Waals surface area contributed by atoms with E-state index >= 15 is 0 Å². The van der Waals surface area contributed by atoms with Gasteiger partial charge in [0.25, 0.3) is 5.89 Å². The lowest BCUT2D eigenvalue weighted by atomic mass is 10.1. The van der Waals surface area contributed by atoms with Gasteiger partial charge in [-0.05, 0) is 49.4 Å². The van der Waals surface area contributed by atoms with E-state index < -0.39 is 11.6 Å². The minimum Gasteiger partial charge on any atom is -0.403 e. The van der Waals surface area contributed by atoms with E-state index in [4.69, 9.17) is 4.42 Å². The average Bonchev–Trinajstić information content (AvgIpc) is 3.60. The Bertz CT molecular complexity index is 1370. The molecular weight excluding hydrogens is 456 g/mol. The van der Waals surface area contributed by atoms with Gasteiger partial charge in [-0.3, -0.25) is 4.68 Å². The van der Waals surface area contributed by atoms with Gasteiger partial charge in [0.1, 0.15) is 0 Å². The first kappa shape index (κ1) is 21.6. The van der Waals surface area contributed by atoms with Crippen molar-refractivity contribution in [2.75, 3.05) is 23.3 Å². The number of rotatable bonds is 5. The molecule has 1 unspecified atom stereocenters. The summed E-state index contributed by atoms with van der Waals surface area (Å²) < 4.78 is 34.5. The van der Waals surface area contributed by atoms with Crippen molar-refractivity contribution in [3.8, 4) is 11.5 Å². The molecule has 179 valence electrons. The minimum absolute atomic E-state index is 0.0420. The van der Waals surface area contributed by atoms with Gasteiger partial charge in [-0.25, -0.2) is 18.7 Å². The van der Waals surface area contributed by atoms with Crippen LogP contribution in [0.1, 0.15) is 34.9 Å². The number of halogens is 2. The van der Waals surface area contributed by atoms with Gasteiger partial charge in [0, 0.05) is 37.4 Å². The summed E-state index contributed by atoms with van der Waals surface area (Å²) >= 11 is 0. The van der Waals surface area contributed by atoms with E-state index in [0.717, 1.165) is 29.8 Å². The van der Waals surface area contributed by atoms with Gasteiger partial charge < -0.3 is 14.6 Å². The second-order valence-corrected chi connectivity index (χ2v) is 8.98. The van der Waals surface area contributed by atoms with Crippen LogP contribution in [0.4, 0.5) is 20.7 Å². The van der Waals surface area contributed by atoms with Crippen LogP contribution in [0, 0.1) is 25.6 Å². The maximum atomic E-state index is 13.5. The molecule has 1 aromatic carbocycles. The van der Waals surface area contributed by atoms with Crippen molar-refractivity contribution in [2.45, 2.75) is 38.1 Å². The SMILES string of the molecule is [CH2]n1cc(C2CCN(c3nnc(-c4cnc(NC5Cc6cc(F)c(F)cc6C5)nc4C)o3)C2)nn1. The number of nitrogens with one attached hydrogen (secondary N) is 1. The summed E-state index contributed by atoms with van der Waals surface area (Å²) in [5.41, 5.74) is 3.82. The molecule has 3 aromatic heterocycles. The highest BCUT2D eigenvalue weighted by Gasteiger charge is 2.30. The molecule has 35 heavy (non-hydrogen) atoms. The van der Waals surface area contributed by atoms with E-state index in [9.17, 15) is 8.78 Å². The minimum atomic E-state index is -0.824. The zero-order valence-electron chi connectivity index (χ0n) is 18.9. The molecule has 0 amide bonds. The fraction of sp³-hybridized carbons (Fsp3) is 0.348. The molecule has 12 heteroatoms. The maximum absolute atomic E-state index is 13.5. The number of benzene rings is 1. The zero-order chi connectivity index (χ0) is 24.1. The summed E-state index contributed by atoms with van der Waals surface area (Å²) in [4.78, 5) is 11.0. The molecule has 1 atom stereocenters. The quantitative estimate of drug-likeness (QED) is 0.463. The van der Waals surface area contributed by atoms with Crippen LogP contribution in [0.5, 0.6) is 0 Å². The molecule has 4 heterocycles. The van der Waals surface area contributed by atoms with Crippen LogP contribution in [-0.2, 0) is 12.8 Å². The first-order chi connectivity index (χ1) is 16.9. The second kappa shape index (κ2) is 8.36. The van der Waals surface area contributed by atoms with Crippen LogP contribution in [0.25, 0.3) is 11.5 Å². The summed E-state index contributed by atoms with van der Waals surface area (Å²) in [6.07, 6.45) is 5.52. The van der Waals surface area contributed by atoms with Crippen molar-refractivity contribution in [1.82, 2.24) is 35.2 Å². The van der Waals surface area contributed by atoms with E-state index in [2.05, 4.69) is 42.8 Å². The number of fused-ring (bicyclic) bond motifs is 1. The Morgan fingerprint density at radius 1 is 1.11 bits per heavy atom. The first-order valence-corrected chi connectivity index (χ1v) is 11.3. The normalized spacial score (nSPS) is 17.8. The Kier molecular flexibility index (Phi) is 5.15. The highest BCUT2D eigenvalue weighted by atomic mass is 19.2. The van der Waals surface area contributed by atoms with E-state index in [0.29, 0.717) is 48.5 Å². The highest BCUT2D eigenvalue weighted by molar-refractivity contribution is 5.57. The molecule has 0 spiro atoms. The van der Waals surface area contributed by atoms with Crippen molar-refractivity contribution in [3.63, 3.8) is 0 Å².